The van der Waals surface area contributed by atoms with Crippen molar-refractivity contribution in [2.75, 3.05) is 0 Å². The van der Waals surface area contributed by atoms with Crippen molar-refractivity contribution in [3.63, 3.8) is 0 Å². The molecule has 0 atom stereocenters. The number of halogens is 1. The molecule has 0 bridgehead atoms. The Morgan fingerprint density at radius 3 is 2.67 bits per heavy atom. The van der Waals surface area contributed by atoms with E-state index in [4.69, 9.17) is 11.1 Å². The van der Waals surface area contributed by atoms with Gasteiger partial charge < -0.3 is 10.3 Å². The van der Waals surface area contributed by atoms with Crippen molar-refractivity contribution in [2.24, 2.45) is 12.8 Å². The lowest BCUT2D eigenvalue weighted by Crippen LogP contribution is -2.11. The van der Waals surface area contributed by atoms with Crippen LogP contribution in [-0.2, 0) is 7.05 Å². The first-order chi connectivity index (χ1) is 8.49. The normalized spacial score (nSPS) is 10.6. The Labute approximate surface area is 108 Å². The molecular weight excluding hydrogens is 253 g/mol. The topological polar surface area (TPSA) is 80.6 Å². The molecule has 0 unspecified atom stereocenters. The SMILES string of the molecule is Cc1nnc(Sc2ccc(C(=N)N)cc2F)n1C. The van der Waals surface area contributed by atoms with Gasteiger partial charge in [0.25, 0.3) is 0 Å². The molecule has 0 amide bonds. The van der Waals surface area contributed by atoms with Gasteiger partial charge in [0.2, 0.25) is 0 Å². The predicted octanol–water partition coefficient (Wildman–Crippen LogP) is 1.70. The van der Waals surface area contributed by atoms with Crippen LogP contribution < -0.4 is 5.73 Å². The molecule has 0 spiro atoms. The van der Waals surface area contributed by atoms with Crippen molar-refractivity contribution >= 4 is 17.6 Å². The van der Waals surface area contributed by atoms with Crippen LogP contribution >= 0.6 is 11.8 Å². The lowest BCUT2D eigenvalue weighted by Gasteiger charge is -2.05. The average Bonchev–Trinajstić information content (AvgIpc) is 2.63. The fraction of sp³-hybridized carbons (Fsp3) is 0.182. The van der Waals surface area contributed by atoms with Gasteiger partial charge in [-0.15, -0.1) is 10.2 Å². The van der Waals surface area contributed by atoms with Crippen LogP contribution in [0.1, 0.15) is 11.4 Å². The molecule has 0 saturated heterocycles. The van der Waals surface area contributed by atoms with E-state index in [2.05, 4.69) is 10.2 Å². The van der Waals surface area contributed by atoms with E-state index < -0.39 is 5.82 Å². The minimum absolute atomic E-state index is 0.153. The van der Waals surface area contributed by atoms with E-state index in [1.54, 1.807) is 16.7 Å². The molecule has 1 aromatic carbocycles. The highest BCUT2D eigenvalue weighted by atomic mass is 32.2. The van der Waals surface area contributed by atoms with Crippen molar-refractivity contribution < 1.29 is 4.39 Å². The van der Waals surface area contributed by atoms with E-state index >= 15 is 0 Å². The zero-order valence-electron chi connectivity index (χ0n) is 9.94. The fourth-order valence-corrected chi connectivity index (χ4v) is 2.17. The lowest BCUT2D eigenvalue weighted by molar-refractivity contribution is 0.601. The molecule has 0 radical (unpaired) electrons. The molecule has 5 nitrogen and oxygen atoms in total. The van der Waals surface area contributed by atoms with E-state index in [-0.39, 0.29) is 5.84 Å². The average molecular weight is 265 g/mol. The smallest absolute Gasteiger partial charge is 0.195 e. The molecule has 2 aromatic rings. The fourth-order valence-electron chi connectivity index (χ4n) is 1.33. The van der Waals surface area contributed by atoms with Crippen LogP contribution in [0.3, 0.4) is 0 Å². The van der Waals surface area contributed by atoms with Crippen molar-refractivity contribution in [1.82, 2.24) is 14.8 Å². The highest BCUT2D eigenvalue weighted by molar-refractivity contribution is 7.99. The zero-order chi connectivity index (χ0) is 13.3. The van der Waals surface area contributed by atoms with Gasteiger partial charge in [0.1, 0.15) is 17.5 Å². The maximum atomic E-state index is 13.8. The highest BCUT2D eigenvalue weighted by Crippen LogP contribution is 2.28. The van der Waals surface area contributed by atoms with Gasteiger partial charge in [0.05, 0.1) is 4.90 Å². The van der Waals surface area contributed by atoms with Crippen LogP contribution in [0.4, 0.5) is 4.39 Å². The number of amidine groups is 1. The largest absolute Gasteiger partial charge is 0.384 e. The number of hydrogen-bond donors (Lipinski definition) is 2. The molecule has 1 aromatic heterocycles. The first-order valence-electron chi connectivity index (χ1n) is 5.17. The minimum atomic E-state index is -0.423. The van der Waals surface area contributed by atoms with Gasteiger partial charge in [-0.3, -0.25) is 5.41 Å². The summed E-state index contributed by atoms with van der Waals surface area (Å²) in [6.07, 6.45) is 0. The van der Waals surface area contributed by atoms with Crippen LogP contribution in [0.2, 0.25) is 0 Å². The van der Waals surface area contributed by atoms with Gasteiger partial charge in [-0.05, 0) is 36.9 Å². The van der Waals surface area contributed by atoms with Crippen molar-refractivity contribution in [2.45, 2.75) is 17.0 Å². The second-order valence-electron chi connectivity index (χ2n) is 3.75. The Morgan fingerprint density at radius 2 is 2.17 bits per heavy atom. The number of aromatic nitrogens is 3. The number of hydrogen-bond acceptors (Lipinski definition) is 4. The van der Waals surface area contributed by atoms with Crippen molar-refractivity contribution in [3.05, 3.63) is 35.4 Å². The van der Waals surface area contributed by atoms with Gasteiger partial charge in [-0.1, -0.05) is 0 Å². The van der Waals surface area contributed by atoms with E-state index in [9.17, 15) is 4.39 Å². The second-order valence-corrected chi connectivity index (χ2v) is 4.76. The Bertz CT molecular complexity index is 607. The van der Waals surface area contributed by atoms with Crippen LogP contribution in [0.5, 0.6) is 0 Å². The lowest BCUT2D eigenvalue weighted by atomic mass is 10.2. The molecule has 18 heavy (non-hydrogen) atoms. The molecule has 0 saturated carbocycles. The molecular formula is C11H12FN5S. The highest BCUT2D eigenvalue weighted by Gasteiger charge is 2.11. The van der Waals surface area contributed by atoms with E-state index in [0.717, 1.165) is 5.82 Å². The van der Waals surface area contributed by atoms with Gasteiger partial charge in [-0.25, -0.2) is 4.39 Å². The standard InChI is InChI=1S/C11H12FN5S/c1-6-15-16-11(17(6)2)18-9-4-3-7(10(13)14)5-8(9)12/h3-5H,1-2H3,(H3,13,14). The minimum Gasteiger partial charge on any atom is -0.384 e. The Hall–Kier alpha value is -1.89. The molecule has 7 heteroatoms. The predicted molar refractivity (Wildman–Crippen MR) is 67.3 cm³/mol. The van der Waals surface area contributed by atoms with E-state index in [1.165, 1.54) is 17.8 Å². The maximum absolute atomic E-state index is 13.8. The molecule has 0 fully saturated rings. The Morgan fingerprint density at radius 1 is 1.44 bits per heavy atom. The number of aryl methyl sites for hydroxylation is 1. The quantitative estimate of drug-likeness (QED) is 0.654. The number of benzene rings is 1. The van der Waals surface area contributed by atoms with E-state index in [1.807, 2.05) is 14.0 Å². The summed E-state index contributed by atoms with van der Waals surface area (Å²) >= 11 is 1.19. The van der Waals surface area contributed by atoms with Crippen LogP contribution in [0.25, 0.3) is 0 Å². The van der Waals surface area contributed by atoms with Crippen LogP contribution in [-0.4, -0.2) is 20.6 Å². The summed E-state index contributed by atoms with van der Waals surface area (Å²) in [5, 5.41) is 15.7. The third-order valence-electron chi connectivity index (χ3n) is 2.50. The molecule has 1 heterocycles. The molecule has 2 rings (SSSR count). The van der Waals surface area contributed by atoms with Crippen molar-refractivity contribution in [3.8, 4) is 0 Å². The number of nitrogen functional groups attached to an aromatic ring is 1. The van der Waals surface area contributed by atoms with E-state index in [0.29, 0.717) is 15.6 Å². The maximum Gasteiger partial charge on any atom is 0.195 e. The molecule has 0 aliphatic heterocycles. The van der Waals surface area contributed by atoms with Crippen molar-refractivity contribution in [1.29, 1.82) is 5.41 Å². The monoisotopic (exact) mass is 265 g/mol. The molecule has 0 aliphatic rings. The molecule has 0 aliphatic carbocycles. The summed E-state index contributed by atoms with van der Waals surface area (Å²) in [7, 11) is 1.82. The molecule has 3 N–H and O–H groups in total. The van der Waals surface area contributed by atoms with Crippen LogP contribution in [0, 0.1) is 18.2 Å². The Balaban J connectivity index is 2.30. The summed E-state index contributed by atoms with van der Waals surface area (Å²) in [4.78, 5) is 0.426. The third kappa shape index (κ3) is 2.35. The summed E-state index contributed by atoms with van der Waals surface area (Å²) in [5.41, 5.74) is 5.66. The van der Waals surface area contributed by atoms with Gasteiger partial charge in [-0.2, -0.15) is 0 Å². The Kier molecular flexibility index (Phi) is 3.33. The number of nitrogens with zero attached hydrogens (tertiary/aromatic N) is 3. The zero-order valence-corrected chi connectivity index (χ0v) is 10.8. The number of nitrogens with two attached hydrogens (primary N) is 1. The summed E-state index contributed by atoms with van der Waals surface area (Å²) in [6.45, 7) is 1.83. The van der Waals surface area contributed by atoms with Gasteiger partial charge in [0, 0.05) is 12.6 Å². The first kappa shape index (κ1) is 12.6. The molecule has 94 valence electrons. The third-order valence-corrected chi connectivity index (χ3v) is 3.59. The summed E-state index contributed by atoms with van der Waals surface area (Å²) in [6, 6.07) is 4.44. The first-order valence-corrected chi connectivity index (χ1v) is 5.98. The van der Waals surface area contributed by atoms with Gasteiger partial charge in [0.15, 0.2) is 5.16 Å². The summed E-state index contributed by atoms with van der Waals surface area (Å²) in [5.74, 6) is 0.187. The number of nitrogens with one attached hydrogen (secondary N) is 1. The number of rotatable bonds is 3. The van der Waals surface area contributed by atoms with Crippen LogP contribution in [0.15, 0.2) is 28.3 Å². The summed E-state index contributed by atoms with van der Waals surface area (Å²) < 4.78 is 15.6. The van der Waals surface area contributed by atoms with Gasteiger partial charge >= 0.3 is 0 Å². The second kappa shape index (κ2) is 4.77.